The van der Waals surface area contributed by atoms with Gasteiger partial charge in [-0.3, -0.25) is 4.68 Å². The third kappa shape index (κ3) is 4.39. The zero-order chi connectivity index (χ0) is 23.3. The fraction of sp³-hybridized carbons (Fsp3) is 0.667. The number of benzene rings is 1. The molecule has 1 aromatic heterocycles. The number of aromatic nitrogens is 2. The molecule has 174 valence electrons. The van der Waals surface area contributed by atoms with Gasteiger partial charge in [-0.05, 0) is 73.8 Å². The van der Waals surface area contributed by atoms with Crippen LogP contribution in [-0.2, 0) is 14.0 Å². The molecule has 0 spiro atoms. The van der Waals surface area contributed by atoms with Gasteiger partial charge in [0, 0.05) is 18.5 Å². The number of nitrogens with zero attached hydrogens (tertiary/aromatic N) is 3. The first-order chi connectivity index (χ1) is 14.9. The predicted molar refractivity (Wildman–Crippen MR) is 126 cm³/mol. The van der Waals surface area contributed by atoms with Crippen molar-refractivity contribution in [3.05, 3.63) is 24.3 Å². The third-order valence-electron chi connectivity index (χ3n) is 6.81. The highest BCUT2D eigenvalue weighted by molar-refractivity contribution is 6.64. The van der Waals surface area contributed by atoms with Crippen molar-refractivity contribution in [3.8, 4) is 0 Å². The smallest absolute Gasteiger partial charge is 0.444 e. The van der Waals surface area contributed by atoms with Crippen LogP contribution in [0.15, 0.2) is 24.3 Å². The molecule has 8 heteroatoms. The van der Waals surface area contributed by atoms with Crippen molar-refractivity contribution < 1.29 is 18.8 Å². The lowest BCUT2D eigenvalue weighted by molar-refractivity contribution is 0.00578. The van der Waals surface area contributed by atoms with Gasteiger partial charge in [-0.1, -0.05) is 18.2 Å². The highest BCUT2D eigenvalue weighted by atomic mass is 16.7. The monoisotopic (exact) mass is 441 g/mol. The maximum Gasteiger partial charge on any atom is 0.517 e. The first kappa shape index (κ1) is 23.1. The third-order valence-corrected chi connectivity index (χ3v) is 6.81. The Kier molecular flexibility index (Phi) is 5.82. The molecule has 2 aromatic rings. The van der Waals surface area contributed by atoms with Gasteiger partial charge >= 0.3 is 13.2 Å². The van der Waals surface area contributed by atoms with E-state index in [1.54, 1.807) is 0 Å². The molecule has 2 fully saturated rings. The van der Waals surface area contributed by atoms with Gasteiger partial charge in [0.2, 0.25) is 0 Å². The second kappa shape index (κ2) is 8.06. The molecule has 1 amide bonds. The van der Waals surface area contributed by atoms with Gasteiger partial charge in [-0.2, -0.15) is 5.10 Å². The number of likely N-dealkylation sites (tertiary alicyclic amines) is 1. The Morgan fingerprint density at radius 3 is 2.41 bits per heavy atom. The van der Waals surface area contributed by atoms with Gasteiger partial charge in [0.25, 0.3) is 0 Å². The summed E-state index contributed by atoms with van der Waals surface area (Å²) in [4.78, 5) is 14.4. The van der Waals surface area contributed by atoms with Crippen LogP contribution in [0, 0.1) is 0 Å². The quantitative estimate of drug-likeness (QED) is 0.651. The van der Waals surface area contributed by atoms with E-state index in [0.717, 1.165) is 35.8 Å². The van der Waals surface area contributed by atoms with Crippen LogP contribution in [0.3, 0.4) is 0 Å². The van der Waals surface area contributed by atoms with Crippen LogP contribution in [0.2, 0.25) is 0 Å². The summed E-state index contributed by atoms with van der Waals surface area (Å²) in [6.07, 6.45) is 2.45. The number of fused-ring (bicyclic) bond motifs is 1. The first-order valence-electron chi connectivity index (χ1n) is 11.7. The first-order valence-corrected chi connectivity index (χ1v) is 11.7. The fourth-order valence-corrected chi connectivity index (χ4v) is 4.35. The molecule has 0 N–H and O–H groups in total. The summed E-state index contributed by atoms with van der Waals surface area (Å²) >= 11 is 0. The summed E-state index contributed by atoms with van der Waals surface area (Å²) < 4.78 is 20.3. The molecule has 1 aromatic carbocycles. The second-order valence-corrected chi connectivity index (χ2v) is 11.0. The number of carbonyl (C=O) groups is 1. The number of ether oxygens (including phenoxy) is 1. The molecule has 0 radical (unpaired) electrons. The van der Waals surface area contributed by atoms with E-state index in [0.29, 0.717) is 13.1 Å². The Labute approximate surface area is 191 Å². The number of rotatable bonds is 2. The molecule has 32 heavy (non-hydrogen) atoms. The molecule has 0 aliphatic carbocycles. The largest absolute Gasteiger partial charge is 0.517 e. The van der Waals surface area contributed by atoms with E-state index < -0.39 is 23.9 Å². The Morgan fingerprint density at radius 2 is 1.75 bits per heavy atom. The fourth-order valence-electron chi connectivity index (χ4n) is 4.35. The van der Waals surface area contributed by atoms with Gasteiger partial charge in [0.05, 0.1) is 22.8 Å². The van der Waals surface area contributed by atoms with Crippen molar-refractivity contribution in [1.82, 2.24) is 14.7 Å². The average molecular weight is 441 g/mol. The lowest BCUT2D eigenvalue weighted by Crippen LogP contribution is -2.41. The van der Waals surface area contributed by atoms with Crippen molar-refractivity contribution >= 4 is 29.7 Å². The highest BCUT2D eigenvalue weighted by Gasteiger charge is 2.53. The zero-order valence-electron chi connectivity index (χ0n) is 20.5. The minimum Gasteiger partial charge on any atom is -0.444 e. The summed E-state index contributed by atoms with van der Waals surface area (Å²) in [6, 6.07) is 8.46. The summed E-state index contributed by atoms with van der Waals surface area (Å²) in [6.45, 7) is 15.3. The van der Waals surface area contributed by atoms with Crippen molar-refractivity contribution in [2.24, 2.45) is 0 Å². The molecule has 2 saturated heterocycles. The van der Waals surface area contributed by atoms with E-state index in [9.17, 15) is 4.79 Å². The Bertz CT molecular complexity index is 979. The second-order valence-electron chi connectivity index (χ2n) is 11.0. The van der Waals surface area contributed by atoms with Crippen molar-refractivity contribution in [2.45, 2.75) is 90.6 Å². The molecule has 2 aliphatic rings. The van der Waals surface area contributed by atoms with Crippen molar-refractivity contribution in [2.75, 3.05) is 13.1 Å². The molecular formula is C24H36BN3O4. The van der Waals surface area contributed by atoms with Crippen LogP contribution >= 0.6 is 0 Å². The van der Waals surface area contributed by atoms with E-state index in [4.69, 9.17) is 19.1 Å². The van der Waals surface area contributed by atoms with Crippen LogP contribution < -0.4 is 5.59 Å². The molecule has 7 nitrogen and oxygen atoms in total. The van der Waals surface area contributed by atoms with E-state index >= 15 is 0 Å². The lowest BCUT2D eigenvalue weighted by atomic mass is 9.82. The minimum absolute atomic E-state index is 0.198. The van der Waals surface area contributed by atoms with E-state index in [1.807, 2.05) is 37.8 Å². The topological polar surface area (TPSA) is 65.8 Å². The Balaban J connectivity index is 1.59. The van der Waals surface area contributed by atoms with Crippen LogP contribution in [0.5, 0.6) is 0 Å². The SMILES string of the molecule is CC(C)(C)OC(=O)N1CCCC(n2nc(B3OC(C)(C)C(C)(C)O3)c3ccccc32)CC1. The normalized spacial score (nSPS) is 23.4. The standard InChI is InChI=1S/C24H36BN3O4/c1-22(2,3)30-21(29)27-15-10-11-17(14-16-27)28-19-13-9-8-12-18(19)20(26-28)25-31-23(4,5)24(6,7)32-25/h8-9,12-13,17H,10-11,14-16H2,1-7H3. The van der Waals surface area contributed by atoms with Crippen LogP contribution in [0.1, 0.15) is 73.8 Å². The number of amides is 1. The van der Waals surface area contributed by atoms with Crippen molar-refractivity contribution in [3.63, 3.8) is 0 Å². The number of hydrogen-bond donors (Lipinski definition) is 0. The molecular weight excluding hydrogens is 405 g/mol. The van der Waals surface area contributed by atoms with Gasteiger partial charge in [0.15, 0.2) is 0 Å². The summed E-state index contributed by atoms with van der Waals surface area (Å²) in [5.41, 5.74) is 0.580. The highest BCUT2D eigenvalue weighted by Crippen LogP contribution is 2.37. The van der Waals surface area contributed by atoms with Crippen LogP contribution in [0.25, 0.3) is 10.9 Å². The van der Waals surface area contributed by atoms with Gasteiger partial charge < -0.3 is 18.9 Å². The molecule has 1 atom stereocenters. The lowest BCUT2D eigenvalue weighted by Gasteiger charge is -2.32. The molecule has 2 aliphatic heterocycles. The van der Waals surface area contributed by atoms with E-state index in [-0.39, 0.29) is 12.1 Å². The van der Waals surface area contributed by atoms with E-state index in [2.05, 4.69) is 44.5 Å². The summed E-state index contributed by atoms with van der Waals surface area (Å²) in [5, 5.41) is 6.08. The van der Waals surface area contributed by atoms with Gasteiger partial charge in [0.1, 0.15) is 11.2 Å². The molecule has 3 heterocycles. The van der Waals surface area contributed by atoms with Crippen molar-refractivity contribution in [1.29, 1.82) is 0 Å². The van der Waals surface area contributed by atoms with Gasteiger partial charge in [-0.25, -0.2) is 4.79 Å². The number of para-hydroxylation sites is 1. The molecule has 0 bridgehead atoms. The molecule has 4 rings (SSSR count). The van der Waals surface area contributed by atoms with E-state index in [1.165, 1.54) is 0 Å². The van der Waals surface area contributed by atoms with Gasteiger partial charge in [-0.15, -0.1) is 0 Å². The summed E-state index contributed by atoms with van der Waals surface area (Å²) in [5.74, 6) is 0. The molecule has 0 saturated carbocycles. The van der Waals surface area contributed by atoms with Crippen LogP contribution in [0.4, 0.5) is 4.79 Å². The Hall–Kier alpha value is -2.06. The Morgan fingerprint density at radius 1 is 1.09 bits per heavy atom. The maximum absolute atomic E-state index is 12.6. The number of carbonyl (C=O) groups excluding carboxylic acids is 1. The summed E-state index contributed by atoms with van der Waals surface area (Å²) in [7, 11) is -0.504. The average Bonchev–Trinajstić information content (AvgIpc) is 3.01. The van der Waals surface area contributed by atoms with Crippen LogP contribution in [-0.4, -0.2) is 57.8 Å². The molecule has 1 unspecified atom stereocenters. The zero-order valence-corrected chi connectivity index (χ0v) is 20.5. The minimum atomic E-state index is -0.504. The predicted octanol–water partition coefficient (Wildman–Crippen LogP) is 4.30. The number of hydrogen-bond acceptors (Lipinski definition) is 5. The maximum atomic E-state index is 12.6.